The fourth-order valence-electron chi connectivity index (χ4n) is 2.14. The van der Waals surface area contributed by atoms with Gasteiger partial charge in [0.25, 0.3) is 0 Å². The van der Waals surface area contributed by atoms with Crippen LogP contribution in [0.5, 0.6) is 0 Å². The monoisotopic (exact) mass is 255 g/mol. The van der Waals surface area contributed by atoms with E-state index < -0.39 is 0 Å². The maximum absolute atomic E-state index is 6.00. The average Bonchev–Trinajstić information content (AvgIpc) is 2.64. The fraction of sp³-hybridized carbons (Fsp3) is 0.538. The zero-order valence-electron chi connectivity index (χ0n) is 9.74. The van der Waals surface area contributed by atoms with E-state index in [0.29, 0.717) is 12.1 Å². The minimum absolute atomic E-state index is 0.379. The molecule has 16 heavy (non-hydrogen) atoms. The summed E-state index contributed by atoms with van der Waals surface area (Å²) < 4.78 is 0. The topological polar surface area (TPSA) is 12.0 Å². The Hall–Kier alpha value is -0.180. The lowest BCUT2D eigenvalue weighted by Crippen LogP contribution is -2.35. The molecule has 0 amide bonds. The third kappa shape index (κ3) is 2.93. The summed E-state index contributed by atoms with van der Waals surface area (Å²) in [6, 6.07) is 9.14. The summed E-state index contributed by atoms with van der Waals surface area (Å²) in [5.74, 6) is 1.28. The summed E-state index contributed by atoms with van der Waals surface area (Å²) in [7, 11) is 0. The van der Waals surface area contributed by atoms with Gasteiger partial charge in [-0.15, -0.1) is 0 Å². The molecule has 2 rings (SSSR count). The summed E-state index contributed by atoms with van der Waals surface area (Å²) >= 11 is 8.06. The Morgan fingerprint density at radius 3 is 2.94 bits per heavy atom. The van der Waals surface area contributed by atoms with E-state index in [2.05, 4.69) is 37.0 Å². The molecule has 88 valence electrons. The molecule has 1 fully saturated rings. The van der Waals surface area contributed by atoms with Crippen LogP contribution in [0.4, 0.5) is 0 Å². The van der Waals surface area contributed by atoms with Crippen LogP contribution in [-0.4, -0.2) is 17.0 Å². The van der Waals surface area contributed by atoms with Gasteiger partial charge in [0.15, 0.2) is 0 Å². The van der Waals surface area contributed by atoms with Crippen LogP contribution in [0.15, 0.2) is 24.3 Å². The summed E-state index contributed by atoms with van der Waals surface area (Å²) in [6.07, 6.45) is 1.27. The molecule has 1 aromatic carbocycles. The predicted molar refractivity (Wildman–Crippen MR) is 73.3 cm³/mol. The molecule has 1 saturated heterocycles. The first-order chi connectivity index (χ1) is 7.66. The van der Waals surface area contributed by atoms with E-state index >= 15 is 0 Å². The van der Waals surface area contributed by atoms with Gasteiger partial charge in [0.2, 0.25) is 0 Å². The molecule has 1 heterocycles. The smallest absolute Gasteiger partial charge is 0.0409 e. The van der Waals surface area contributed by atoms with Crippen LogP contribution in [0, 0.1) is 0 Å². The highest BCUT2D eigenvalue weighted by molar-refractivity contribution is 8.00. The Balaban J connectivity index is 1.99. The van der Waals surface area contributed by atoms with E-state index in [0.717, 1.165) is 10.3 Å². The number of hydrogen-bond donors (Lipinski definition) is 1. The maximum Gasteiger partial charge on any atom is 0.0409 e. The second kappa shape index (κ2) is 5.44. The van der Waals surface area contributed by atoms with Crippen molar-refractivity contribution in [1.29, 1.82) is 0 Å². The molecule has 3 atom stereocenters. The quantitative estimate of drug-likeness (QED) is 0.880. The minimum atomic E-state index is 0.379. The molecule has 0 spiro atoms. The summed E-state index contributed by atoms with van der Waals surface area (Å²) in [4.78, 5) is 0. The highest BCUT2D eigenvalue weighted by atomic mass is 35.5. The number of halogens is 1. The van der Waals surface area contributed by atoms with Crippen molar-refractivity contribution in [3.63, 3.8) is 0 Å². The largest absolute Gasteiger partial charge is 0.306 e. The Kier molecular flexibility index (Phi) is 4.17. The molecule has 1 nitrogen and oxygen atoms in total. The van der Waals surface area contributed by atoms with Gasteiger partial charge in [0.1, 0.15) is 0 Å². The molecule has 0 saturated carbocycles. The van der Waals surface area contributed by atoms with E-state index in [4.69, 9.17) is 11.6 Å². The molecule has 1 N–H and O–H groups in total. The van der Waals surface area contributed by atoms with Gasteiger partial charge in [-0.25, -0.2) is 0 Å². The van der Waals surface area contributed by atoms with Crippen LogP contribution in [0.25, 0.3) is 0 Å². The Morgan fingerprint density at radius 1 is 1.50 bits per heavy atom. The summed E-state index contributed by atoms with van der Waals surface area (Å²) in [5, 5.41) is 5.24. The first kappa shape index (κ1) is 12.3. The van der Waals surface area contributed by atoms with Gasteiger partial charge < -0.3 is 5.32 Å². The van der Waals surface area contributed by atoms with Crippen molar-refractivity contribution in [1.82, 2.24) is 5.32 Å². The molecule has 1 aromatic rings. The van der Waals surface area contributed by atoms with E-state index in [1.54, 1.807) is 0 Å². The first-order valence-electron chi connectivity index (χ1n) is 5.80. The van der Waals surface area contributed by atoms with Crippen LogP contribution in [0.2, 0.25) is 5.02 Å². The molecular weight excluding hydrogens is 238 g/mol. The Morgan fingerprint density at radius 2 is 2.31 bits per heavy atom. The first-order valence-corrected chi connectivity index (χ1v) is 7.22. The SMILES string of the molecule is CC1SCCC1N[C@H](C)c1cccc(Cl)c1. The summed E-state index contributed by atoms with van der Waals surface area (Å²) in [6.45, 7) is 4.52. The van der Waals surface area contributed by atoms with E-state index in [-0.39, 0.29) is 0 Å². The Bertz CT molecular complexity index is 356. The van der Waals surface area contributed by atoms with Crippen molar-refractivity contribution in [3.05, 3.63) is 34.9 Å². The van der Waals surface area contributed by atoms with Crippen LogP contribution >= 0.6 is 23.4 Å². The van der Waals surface area contributed by atoms with Gasteiger partial charge in [-0.2, -0.15) is 11.8 Å². The van der Waals surface area contributed by atoms with E-state index in [1.807, 2.05) is 18.2 Å². The number of thioether (sulfide) groups is 1. The van der Waals surface area contributed by atoms with E-state index in [1.165, 1.54) is 17.7 Å². The molecule has 0 aromatic heterocycles. The molecule has 0 aliphatic carbocycles. The van der Waals surface area contributed by atoms with Crippen LogP contribution in [0.1, 0.15) is 31.9 Å². The highest BCUT2D eigenvalue weighted by Gasteiger charge is 2.25. The molecule has 1 aliphatic rings. The lowest BCUT2D eigenvalue weighted by Gasteiger charge is -2.22. The van der Waals surface area contributed by atoms with Crippen molar-refractivity contribution in [2.45, 2.75) is 37.6 Å². The van der Waals surface area contributed by atoms with Crippen molar-refractivity contribution in [2.75, 3.05) is 5.75 Å². The molecule has 0 bridgehead atoms. The minimum Gasteiger partial charge on any atom is -0.306 e. The lowest BCUT2D eigenvalue weighted by atomic mass is 10.1. The fourth-order valence-corrected chi connectivity index (χ4v) is 3.55. The Labute approximate surface area is 107 Å². The lowest BCUT2D eigenvalue weighted by molar-refractivity contribution is 0.454. The van der Waals surface area contributed by atoms with Gasteiger partial charge in [0, 0.05) is 22.4 Å². The number of rotatable bonds is 3. The zero-order valence-corrected chi connectivity index (χ0v) is 11.3. The highest BCUT2D eigenvalue weighted by Crippen LogP contribution is 2.28. The molecule has 3 heteroatoms. The zero-order chi connectivity index (χ0) is 11.5. The van der Waals surface area contributed by atoms with Crippen molar-refractivity contribution < 1.29 is 0 Å². The predicted octanol–water partition coefficient (Wildman–Crippen LogP) is 3.88. The van der Waals surface area contributed by atoms with Crippen molar-refractivity contribution in [2.24, 2.45) is 0 Å². The molecular formula is C13H18ClNS. The number of hydrogen-bond acceptors (Lipinski definition) is 2. The van der Waals surface area contributed by atoms with Gasteiger partial charge >= 0.3 is 0 Å². The maximum atomic E-state index is 6.00. The molecule has 0 radical (unpaired) electrons. The van der Waals surface area contributed by atoms with Gasteiger partial charge in [0.05, 0.1) is 0 Å². The number of benzene rings is 1. The molecule has 2 unspecified atom stereocenters. The second-order valence-electron chi connectivity index (χ2n) is 4.41. The van der Waals surface area contributed by atoms with Crippen LogP contribution < -0.4 is 5.32 Å². The second-order valence-corrected chi connectivity index (χ2v) is 6.34. The standard InChI is InChI=1S/C13H18ClNS/c1-9(11-4-3-5-12(14)8-11)15-13-6-7-16-10(13)2/h3-5,8-10,13,15H,6-7H2,1-2H3/t9-,10?,13?/m1/s1. The van der Waals surface area contributed by atoms with E-state index in [9.17, 15) is 0 Å². The van der Waals surface area contributed by atoms with Crippen molar-refractivity contribution in [3.8, 4) is 0 Å². The normalized spacial score (nSPS) is 26.9. The van der Waals surface area contributed by atoms with Crippen molar-refractivity contribution >= 4 is 23.4 Å². The van der Waals surface area contributed by atoms with Crippen LogP contribution in [0.3, 0.4) is 0 Å². The molecule has 1 aliphatic heterocycles. The van der Waals surface area contributed by atoms with Gasteiger partial charge in [-0.05, 0) is 36.8 Å². The van der Waals surface area contributed by atoms with Crippen LogP contribution in [-0.2, 0) is 0 Å². The summed E-state index contributed by atoms with van der Waals surface area (Å²) in [5.41, 5.74) is 1.27. The average molecular weight is 256 g/mol. The number of nitrogens with one attached hydrogen (secondary N) is 1. The van der Waals surface area contributed by atoms with Gasteiger partial charge in [-0.1, -0.05) is 30.7 Å². The third-order valence-electron chi connectivity index (χ3n) is 3.19. The third-order valence-corrected chi connectivity index (χ3v) is 4.75. The van der Waals surface area contributed by atoms with Gasteiger partial charge in [-0.3, -0.25) is 0 Å².